The van der Waals surface area contributed by atoms with Gasteiger partial charge in [0.25, 0.3) is 5.91 Å². The first-order chi connectivity index (χ1) is 13.0. The molecule has 5 N–H and O–H groups in total. The van der Waals surface area contributed by atoms with E-state index in [4.69, 9.17) is 25.1 Å². The molecule has 9 heteroatoms. The Labute approximate surface area is 153 Å². The predicted octanol–water partition coefficient (Wildman–Crippen LogP) is 2.01. The Balaban J connectivity index is 1.67. The van der Waals surface area contributed by atoms with Gasteiger partial charge in [-0.05, 0) is 24.3 Å². The molecule has 0 saturated heterocycles. The van der Waals surface area contributed by atoms with Gasteiger partial charge in [-0.3, -0.25) is 10.2 Å². The number of amides is 1. The number of ether oxygens (including phenoxy) is 1. The summed E-state index contributed by atoms with van der Waals surface area (Å²) in [6, 6.07) is 12.0. The van der Waals surface area contributed by atoms with Crippen molar-refractivity contribution in [3.63, 3.8) is 0 Å². The van der Waals surface area contributed by atoms with Crippen molar-refractivity contribution in [3.05, 3.63) is 60.6 Å². The maximum atomic E-state index is 12.5. The predicted molar refractivity (Wildman–Crippen MR) is 97.2 cm³/mol. The minimum absolute atomic E-state index is 0.119. The zero-order valence-electron chi connectivity index (χ0n) is 14.0. The summed E-state index contributed by atoms with van der Waals surface area (Å²) in [7, 11) is 0. The maximum Gasteiger partial charge on any atom is 0.369 e. The zero-order chi connectivity index (χ0) is 19.2. The number of fused-ring (bicyclic) bond motifs is 1. The average molecular weight is 368 g/mol. The summed E-state index contributed by atoms with van der Waals surface area (Å²) in [5.41, 5.74) is 7.80. The van der Waals surface area contributed by atoms with Crippen LogP contribution >= 0.6 is 0 Å². The van der Waals surface area contributed by atoms with Gasteiger partial charge in [-0.15, -0.1) is 0 Å². The molecule has 0 saturated carbocycles. The van der Waals surface area contributed by atoms with Gasteiger partial charge in [-0.2, -0.15) is 5.48 Å². The van der Waals surface area contributed by atoms with Crippen LogP contribution in [0.3, 0.4) is 0 Å². The van der Waals surface area contributed by atoms with Crippen molar-refractivity contribution in [2.45, 2.75) is 0 Å². The number of benzene rings is 2. The number of carbonyl (C=O) groups is 2. The van der Waals surface area contributed by atoms with E-state index in [-0.39, 0.29) is 23.8 Å². The normalized spacial score (nSPS) is 10.2. The van der Waals surface area contributed by atoms with Gasteiger partial charge < -0.3 is 25.0 Å². The number of hydrogen-bond donors (Lipinski definition) is 4. The molecule has 0 unspecified atom stereocenters. The largest absolute Gasteiger partial charge is 0.482 e. The van der Waals surface area contributed by atoms with Gasteiger partial charge in [0, 0.05) is 10.8 Å². The topological polar surface area (TPSA) is 140 Å². The van der Waals surface area contributed by atoms with Crippen LogP contribution < -0.4 is 21.3 Å². The molecule has 1 heterocycles. The molecule has 9 nitrogen and oxygen atoms in total. The first-order valence-electron chi connectivity index (χ1n) is 7.82. The number of para-hydroxylation sites is 1. The number of hydrogen-bond acceptors (Lipinski definition) is 6. The second-order valence-electron chi connectivity index (χ2n) is 5.41. The number of rotatable bonds is 5. The average Bonchev–Trinajstić information content (AvgIpc) is 3.13. The van der Waals surface area contributed by atoms with Crippen LogP contribution in [0.5, 0.6) is 5.75 Å². The number of furan rings is 1. The molecule has 1 amide bonds. The SMILES string of the molecule is N=C(N)Nc1ccc2cocc2c1C(=O)NOC(=O)COc1ccccc1. The number of anilines is 1. The lowest BCUT2D eigenvalue weighted by molar-refractivity contribution is -0.151. The van der Waals surface area contributed by atoms with Gasteiger partial charge in [-0.1, -0.05) is 18.2 Å². The fourth-order valence-corrected chi connectivity index (χ4v) is 2.38. The van der Waals surface area contributed by atoms with Crippen LogP contribution in [0.15, 0.2) is 59.4 Å². The Morgan fingerprint density at radius 2 is 1.89 bits per heavy atom. The van der Waals surface area contributed by atoms with Crippen LogP contribution in [0.1, 0.15) is 10.4 Å². The summed E-state index contributed by atoms with van der Waals surface area (Å²) in [5.74, 6) is -1.34. The summed E-state index contributed by atoms with van der Waals surface area (Å²) in [6.45, 7) is -0.376. The summed E-state index contributed by atoms with van der Waals surface area (Å²) < 4.78 is 10.4. The van der Waals surface area contributed by atoms with Crippen LogP contribution in [0.4, 0.5) is 5.69 Å². The van der Waals surface area contributed by atoms with Crippen molar-refractivity contribution in [2.75, 3.05) is 11.9 Å². The van der Waals surface area contributed by atoms with Crippen LogP contribution in [-0.2, 0) is 9.63 Å². The van der Waals surface area contributed by atoms with E-state index in [1.54, 1.807) is 36.4 Å². The van der Waals surface area contributed by atoms with Crippen LogP contribution in [0, 0.1) is 5.41 Å². The first-order valence-corrected chi connectivity index (χ1v) is 7.82. The van der Waals surface area contributed by atoms with Crippen molar-refractivity contribution < 1.29 is 23.6 Å². The lowest BCUT2D eigenvalue weighted by Crippen LogP contribution is -2.31. The second-order valence-corrected chi connectivity index (χ2v) is 5.41. The summed E-state index contributed by atoms with van der Waals surface area (Å²) in [5, 5.41) is 11.0. The molecule has 0 aliphatic heterocycles. The molecule has 3 rings (SSSR count). The molecule has 27 heavy (non-hydrogen) atoms. The number of nitrogens with one attached hydrogen (secondary N) is 3. The molecule has 0 atom stereocenters. The van der Waals surface area contributed by atoms with Crippen molar-refractivity contribution >= 4 is 34.3 Å². The Kier molecular flexibility index (Phi) is 5.22. The minimum Gasteiger partial charge on any atom is -0.482 e. The van der Waals surface area contributed by atoms with Crippen molar-refractivity contribution in [1.82, 2.24) is 5.48 Å². The van der Waals surface area contributed by atoms with Crippen molar-refractivity contribution in [3.8, 4) is 5.75 Å². The van der Waals surface area contributed by atoms with Gasteiger partial charge >= 0.3 is 5.97 Å². The van der Waals surface area contributed by atoms with Gasteiger partial charge in [-0.25, -0.2) is 4.79 Å². The molecule has 3 aromatic rings. The molecule has 0 spiro atoms. The fourth-order valence-electron chi connectivity index (χ4n) is 2.38. The van der Waals surface area contributed by atoms with E-state index in [0.29, 0.717) is 16.5 Å². The third-order valence-electron chi connectivity index (χ3n) is 3.51. The first kappa shape index (κ1) is 17.8. The lowest BCUT2D eigenvalue weighted by atomic mass is 10.1. The van der Waals surface area contributed by atoms with Gasteiger partial charge in [0.15, 0.2) is 12.6 Å². The molecule has 2 aromatic carbocycles. The van der Waals surface area contributed by atoms with Crippen LogP contribution in [0.2, 0.25) is 0 Å². The molecule has 0 aliphatic carbocycles. The lowest BCUT2D eigenvalue weighted by Gasteiger charge is -2.12. The highest BCUT2D eigenvalue weighted by atomic mass is 16.7. The maximum absolute atomic E-state index is 12.5. The third-order valence-corrected chi connectivity index (χ3v) is 3.51. The number of nitrogens with two attached hydrogens (primary N) is 1. The molecule has 0 fully saturated rings. The van der Waals surface area contributed by atoms with E-state index < -0.39 is 11.9 Å². The van der Waals surface area contributed by atoms with Gasteiger partial charge in [0.05, 0.1) is 23.8 Å². The molecular formula is C18H16N4O5. The monoisotopic (exact) mass is 368 g/mol. The number of hydroxylamine groups is 1. The summed E-state index contributed by atoms with van der Waals surface area (Å²) >= 11 is 0. The van der Waals surface area contributed by atoms with E-state index >= 15 is 0 Å². The Bertz CT molecular complexity index is 984. The van der Waals surface area contributed by atoms with Crippen molar-refractivity contribution in [1.29, 1.82) is 5.41 Å². The molecule has 0 radical (unpaired) electrons. The van der Waals surface area contributed by atoms with Crippen LogP contribution in [0.25, 0.3) is 10.8 Å². The highest BCUT2D eigenvalue weighted by Crippen LogP contribution is 2.27. The fraction of sp³-hybridized carbons (Fsp3) is 0.0556. The quantitative estimate of drug-likeness (QED) is 0.307. The highest BCUT2D eigenvalue weighted by Gasteiger charge is 2.19. The highest BCUT2D eigenvalue weighted by molar-refractivity contribution is 6.13. The number of guanidine groups is 1. The third kappa shape index (κ3) is 4.34. The molecule has 0 aliphatic rings. The molecule has 138 valence electrons. The zero-order valence-corrected chi connectivity index (χ0v) is 14.0. The second kappa shape index (κ2) is 7.91. The van der Waals surface area contributed by atoms with E-state index in [9.17, 15) is 9.59 Å². The standard InChI is InChI=1S/C18H16N4O5/c19-18(20)21-14-7-6-11-8-25-9-13(11)16(14)17(24)22-27-15(23)10-26-12-4-2-1-3-5-12/h1-9H,10H2,(H,22,24)(H4,19,20,21). The number of carbonyl (C=O) groups excluding carboxylic acids is 2. The van der Waals surface area contributed by atoms with E-state index in [2.05, 4.69) is 10.8 Å². The minimum atomic E-state index is -0.785. The molecule has 1 aromatic heterocycles. The van der Waals surface area contributed by atoms with Crippen LogP contribution in [-0.4, -0.2) is 24.4 Å². The Hall–Kier alpha value is -4.01. The van der Waals surface area contributed by atoms with E-state index in [1.165, 1.54) is 12.5 Å². The summed E-state index contributed by atoms with van der Waals surface area (Å²) in [6.07, 6.45) is 2.83. The Morgan fingerprint density at radius 3 is 2.63 bits per heavy atom. The smallest absolute Gasteiger partial charge is 0.369 e. The Morgan fingerprint density at radius 1 is 1.11 bits per heavy atom. The van der Waals surface area contributed by atoms with Gasteiger partial charge in [0.1, 0.15) is 5.75 Å². The molecular weight excluding hydrogens is 352 g/mol. The van der Waals surface area contributed by atoms with E-state index in [0.717, 1.165) is 0 Å². The van der Waals surface area contributed by atoms with E-state index in [1.807, 2.05) is 6.07 Å². The summed E-state index contributed by atoms with van der Waals surface area (Å²) in [4.78, 5) is 29.1. The molecule has 0 bridgehead atoms. The van der Waals surface area contributed by atoms with Gasteiger partial charge in [0.2, 0.25) is 0 Å². The van der Waals surface area contributed by atoms with Crippen molar-refractivity contribution in [2.24, 2.45) is 5.73 Å².